The van der Waals surface area contributed by atoms with Crippen molar-refractivity contribution in [1.29, 1.82) is 0 Å². The Hall–Kier alpha value is -1.43. The number of aliphatic carboxylic acids is 1. The highest BCUT2D eigenvalue weighted by atomic mass is 79.9. The zero-order valence-electron chi connectivity index (χ0n) is 9.31. The maximum atomic E-state index is 11.7. The lowest BCUT2D eigenvalue weighted by Crippen LogP contribution is -2.36. The summed E-state index contributed by atoms with van der Waals surface area (Å²) in [6.45, 7) is 1.82. The smallest absolute Gasteiger partial charge is 0.305 e. The number of nitrogens with zero attached hydrogens (tertiary/aromatic N) is 1. The summed E-state index contributed by atoms with van der Waals surface area (Å²) in [5, 5.41) is 11.3. The predicted octanol–water partition coefficient (Wildman–Crippen LogP) is 1.83. The van der Waals surface area contributed by atoms with E-state index in [0.29, 0.717) is 6.42 Å². The third-order valence-corrected chi connectivity index (χ3v) is 2.68. The van der Waals surface area contributed by atoms with Gasteiger partial charge in [0, 0.05) is 16.7 Å². The molecule has 0 spiro atoms. The molecule has 0 saturated heterocycles. The number of carboxylic acids is 1. The Labute approximate surface area is 107 Å². The van der Waals surface area contributed by atoms with E-state index >= 15 is 0 Å². The summed E-state index contributed by atoms with van der Waals surface area (Å²) in [7, 11) is 0. The van der Waals surface area contributed by atoms with E-state index in [-0.39, 0.29) is 24.1 Å². The Morgan fingerprint density at radius 1 is 1.53 bits per heavy atom. The molecule has 17 heavy (non-hydrogen) atoms. The topological polar surface area (TPSA) is 79.3 Å². The zero-order chi connectivity index (χ0) is 12.8. The summed E-state index contributed by atoms with van der Waals surface area (Å²) < 4.78 is 0.784. The van der Waals surface area contributed by atoms with E-state index in [2.05, 4.69) is 26.2 Å². The molecule has 0 aliphatic rings. The van der Waals surface area contributed by atoms with Gasteiger partial charge in [0.05, 0.1) is 6.42 Å². The molecular weight excluding hydrogens is 288 g/mol. The summed E-state index contributed by atoms with van der Waals surface area (Å²) >= 11 is 3.22. The average molecular weight is 301 g/mol. The van der Waals surface area contributed by atoms with Crippen LogP contribution < -0.4 is 5.32 Å². The third kappa shape index (κ3) is 4.52. The first-order valence-corrected chi connectivity index (χ1v) is 5.96. The lowest BCUT2D eigenvalue weighted by molar-refractivity contribution is -0.137. The van der Waals surface area contributed by atoms with E-state index in [1.54, 1.807) is 12.1 Å². The molecule has 92 valence electrons. The Kier molecular flexibility index (Phi) is 5.09. The Morgan fingerprint density at radius 3 is 2.71 bits per heavy atom. The van der Waals surface area contributed by atoms with Crippen LogP contribution in [-0.4, -0.2) is 28.0 Å². The molecule has 1 unspecified atom stereocenters. The number of hydrogen-bond donors (Lipinski definition) is 2. The van der Waals surface area contributed by atoms with Gasteiger partial charge in [0.2, 0.25) is 0 Å². The van der Waals surface area contributed by atoms with Gasteiger partial charge in [-0.2, -0.15) is 0 Å². The molecule has 1 atom stereocenters. The first kappa shape index (κ1) is 13.6. The van der Waals surface area contributed by atoms with Crippen LogP contribution in [0.2, 0.25) is 0 Å². The molecule has 1 rings (SSSR count). The van der Waals surface area contributed by atoms with Gasteiger partial charge in [-0.05, 0) is 34.5 Å². The van der Waals surface area contributed by atoms with Crippen LogP contribution in [0.1, 0.15) is 30.3 Å². The number of rotatable bonds is 5. The average Bonchev–Trinajstić information content (AvgIpc) is 2.28. The quantitative estimate of drug-likeness (QED) is 0.869. The molecule has 1 aromatic rings. The largest absolute Gasteiger partial charge is 0.481 e. The highest BCUT2D eigenvalue weighted by molar-refractivity contribution is 9.10. The van der Waals surface area contributed by atoms with E-state index in [4.69, 9.17) is 5.11 Å². The van der Waals surface area contributed by atoms with E-state index in [1.165, 1.54) is 6.20 Å². The monoisotopic (exact) mass is 300 g/mol. The maximum Gasteiger partial charge on any atom is 0.305 e. The van der Waals surface area contributed by atoms with Gasteiger partial charge in [-0.1, -0.05) is 6.92 Å². The molecule has 0 aliphatic carbocycles. The summed E-state index contributed by atoms with van der Waals surface area (Å²) in [5.41, 5.74) is 0.275. The second-order valence-electron chi connectivity index (χ2n) is 3.54. The normalized spacial score (nSPS) is 11.9. The van der Waals surface area contributed by atoms with Gasteiger partial charge in [0.1, 0.15) is 5.69 Å². The standard InChI is InChI=1S/C11H13BrN2O3/c1-2-8(5-10(15)16)14-11(17)9-4-3-7(12)6-13-9/h3-4,6,8H,2,5H2,1H3,(H,14,17)(H,15,16). The minimum atomic E-state index is -0.930. The third-order valence-electron chi connectivity index (χ3n) is 2.21. The molecule has 5 nitrogen and oxygen atoms in total. The molecule has 0 aromatic carbocycles. The summed E-state index contributed by atoms with van der Waals surface area (Å²) in [6.07, 6.45) is 2.00. The van der Waals surface area contributed by atoms with E-state index in [9.17, 15) is 9.59 Å². The summed E-state index contributed by atoms with van der Waals surface area (Å²) in [5.74, 6) is -1.29. The van der Waals surface area contributed by atoms with Crippen LogP contribution >= 0.6 is 15.9 Å². The van der Waals surface area contributed by atoms with Crippen molar-refractivity contribution in [1.82, 2.24) is 10.3 Å². The Bertz CT molecular complexity index is 406. The minimum Gasteiger partial charge on any atom is -0.481 e. The highest BCUT2D eigenvalue weighted by Crippen LogP contribution is 2.08. The van der Waals surface area contributed by atoms with Crippen LogP contribution in [0.15, 0.2) is 22.8 Å². The van der Waals surface area contributed by atoms with Crippen molar-refractivity contribution in [2.24, 2.45) is 0 Å². The molecule has 1 heterocycles. The van der Waals surface area contributed by atoms with Crippen molar-refractivity contribution < 1.29 is 14.7 Å². The molecule has 6 heteroatoms. The number of hydrogen-bond acceptors (Lipinski definition) is 3. The molecule has 0 bridgehead atoms. The highest BCUT2D eigenvalue weighted by Gasteiger charge is 2.15. The van der Waals surface area contributed by atoms with Crippen molar-refractivity contribution >= 4 is 27.8 Å². The number of pyridine rings is 1. The SMILES string of the molecule is CCC(CC(=O)O)NC(=O)c1ccc(Br)cn1. The van der Waals surface area contributed by atoms with Crippen LogP contribution in [0.4, 0.5) is 0 Å². The number of amides is 1. The lowest BCUT2D eigenvalue weighted by Gasteiger charge is -2.14. The number of carbonyl (C=O) groups excluding carboxylic acids is 1. The van der Waals surface area contributed by atoms with Crippen molar-refractivity contribution in [3.63, 3.8) is 0 Å². The van der Waals surface area contributed by atoms with Crippen molar-refractivity contribution in [2.75, 3.05) is 0 Å². The first-order chi connectivity index (χ1) is 8.02. The molecule has 1 amide bonds. The maximum absolute atomic E-state index is 11.7. The molecule has 1 aromatic heterocycles. The zero-order valence-corrected chi connectivity index (χ0v) is 10.9. The van der Waals surface area contributed by atoms with Crippen LogP contribution in [0.5, 0.6) is 0 Å². The Morgan fingerprint density at radius 2 is 2.24 bits per heavy atom. The number of aromatic nitrogens is 1. The number of carboxylic acid groups (broad SMARTS) is 1. The van der Waals surface area contributed by atoms with Crippen LogP contribution in [0.25, 0.3) is 0 Å². The van der Waals surface area contributed by atoms with E-state index in [0.717, 1.165) is 4.47 Å². The van der Waals surface area contributed by atoms with Crippen molar-refractivity contribution in [3.8, 4) is 0 Å². The fraction of sp³-hybridized carbons (Fsp3) is 0.364. The van der Waals surface area contributed by atoms with Gasteiger partial charge >= 0.3 is 5.97 Å². The fourth-order valence-electron chi connectivity index (χ4n) is 1.28. The fourth-order valence-corrected chi connectivity index (χ4v) is 1.51. The van der Waals surface area contributed by atoms with E-state index in [1.807, 2.05) is 6.92 Å². The number of nitrogens with one attached hydrogen (secondary N) is 1. The first-order valence-electron chi connectivity index (χ1n) is 5.17. The number of halogens is 1. The van der Waals surface area contributed by atoms with Gasteiger partial charge in [0.15, 0.2) is 0 Å². The number of carbonyl (C=O) groups is 2. The van der Waals surface area contributed by atoms with Crippen LogP contribution in [0.3, 0.4) is 0 Å². The van der Waals surface area contributed by atoms with Crippen molar-refractivity contribution in [2.45, 2.75) is 25.8 Å². The second kappa shape index (κ2) is 6.34. The molecule has 2 N–H and O–H groups in total. The van der Waals surface area contributed by atoms with Gasteiger partial charge in [-0.3, -0.25) is 9.59 Å². The van der Waals surface area contributed by atoms with Gasteiger partial charge in [-0.25, -0.2) is 4.98 Å². The van der Waals surface area contributed by atoms with Crippen LogP contribution in [0, 0.1) is 0 Å². The lowest BCUT2D eigenvalue weighted by atomic mass is 10.1. The second-order valence-corrected chi connectivity index (χ2v) is 4.45. The Balaban J connectivity index is 2.64. The minimum absolute atomic E-state index is 0.0846. The van der Waals surface area contributed by atoms with Crippen molar-refractivity contribution in [3.05, 3.63) is 28.5 Å². The van der Waals surface area contributed by atoms with Crippen LogP contribution in [-0.2, 0) is 4.79 Å². The summed E-state index contributed by atoms with van der Waals surface area (Å²) in [6, 6.07) is 2.91. The van der Waals surface area contributed by atoms with Gasteiger partial charge < -0.3 is 10.4 Å². The molecular formula is C11H13BrN2O3. The molecule has 0 aliphatic heterocycles. The summed E-state index contributed by atoms with van der Waals surface area (Å²) in [4.78, 5) is 26.2. The predicted molar refractivity (Wildman–Crippen MR) is 65.7 cm³/mol. The van der Waals surface area contributed by atoms with Gasteiger partial charge in [0.25, 0.3) is 5.91 Å². The van der Waals surface area contributed by atoms with E-state index < -0.39 is 5.97 Å². The molecule has 0 saturated carbocycles. The van der Waals surface area contributed by atoms with Gasteiger partial charge in [-0.15, -0.1) is 0 Å². The molecule has 0 fully saturated rings. The molecule has 0 radical (unpaired) electrons.